The number of aliphatic imine (C=N–C) groups is 1. The van der Waals surface area contributed by atoms with Crippen LogP contribution in [0.3, 0.4) is 0 Å². The second-order valence-electron chi connectivity index (χ2n) is 4.58. The summed E-state index contributed by atoms with van der Waals surface area (Å²) in [5.74, 6) is 6.33. The van der Waals surface area contributed by atoms with Crippen molar-refractivity contribution in [2.75, 3.05) is 18.6 Å². The van der Waals surface area contributed by atoms with E-state index in [1.54, 1.807) is 11.9 Å². The Morgan fingerprint density at radius 2 is 2.11 bits per heavy atom. The summed E-state index contributed by atoms with van der Waals surface area (Å²) in [6, 6.07) is 9.30. The van der Waals surface area contributed by atoms with Crippen molar-refractivity contribution < 1.29 is 8.42 Å². The quantitative estimate of drug-likeness (QED) is 0.351. The Morgan fingerprint density at radius 1 is 1.42 bits per heavy atom. The largest absolute Gasteiger partial charge is 0.341 e. The van der Waals surface area contributed by atoms with E-state index in [1.165, 1.54) is 0 Å². The number of hydrogen-bond donors (Lipinski definition) is 2. The third-order valence-electron chi connectivity index (χ3n) is 3.21. The zero-order chi connectivity index (χ0) is 13.9. The first-order chi connectivity index (χ1) is 9.02. The van der Waals surface area contributed by atoms with E-state index in [4.69, 9.17) is 5.84 Å². The second kappa shape index (κ2) is 5.58. The lowest BCUT2D eigenvalue weighted by Crippen LogP contribution is -2.47. The molecule has 104 valence electrons. The van der Waals surface area contributed by atoms with E-state index < -0.39 is 9.84 Å². The van der Waals surface area contributed by atoms with Gasteiger partial charge in [-0.25, -0.2) is 19.3 Å². The molecule has 1 saturated heterocycles. The molecule has 19 heavy (non-hydrogen) atoms. The summed E-state index contributed by atoms with van der Waals surface area (Å²) < 4.78 is 23.0. The van der Waals surface area contributed by atoms with Crippen LogP contribution in [0.25, 0.3) is 0 Å². The van der Waals surface area contributed by atoms with Crippen molar-refractivity contribution in [1.29, 1.82) is 0 Å². The number of sulfone groups is 1. The number of rotatable bonds is 2. The van der Waals surface area contributed by atoms with Crippen molar-refractivity contribution >= 4 is 21.5 Å². The molecule has 0 bridgehead atoms. The van der Waals surface area contributed by atoms with Crippen molar-refractivity contribution in [2.24, 2.45) is 10.8 Å². The van der Waals surface area contributed by atoms with Crippen LogP contribution in [0.5, 0.6) is 0 Å². The fourth-order valence-corrected chi connectivity index (χ4v) is 3.87. The monoisotopic (exact) mass is 282 g/mol. The Bertz CT molecular complexity index is 556. The Morgan fingerprint density at radius 3 is 2.63 bits per heavy atom. The fraction of sp³-hybridized carbons (Fsp3) is 0.417. The van der Waals surface area contributed by atoms with Crippen molar-refractivity contribution in [3.63, 3.8) is 0 Å². The summed E-state index contributed by atoms with van der Waals surface area (Å²) >= 11 is 0. The first kappa shape index (κ1) is 13.8. The number of nitrogens with two attached hydrogens (primary N) is 1. The predicted molar refractivity (Wildman–Crippen MR) is 75.7 cm³/mol. The van der Waals surface area contributed by atoms with E-state index in [9.17, 15) is 8.42 Å². The Hall–Kier alpha value is -1.60. The van der Waals surface area contributed by atoms with Crippen LogP contribution in [-0.4, -0.2) is 43.9 Å². The third-order valence-corrected chi connectivity index (χ3v) is 4.96. The highest BCUT2D eigenvalue weighted by atomic mass is 32.2. The number of hydrazine groups is 1. The lowest BCUT2D eigenvalue weighted by Gasteiger charge is -2.26. The van der Waals surface area contributed by atoms with Gasteiger partial charge in [0.25, 0.3) is 0 Å². The van der Waals surface area contributed by atoms with E-state index in [-0.39, 0.29) is 17.5 Å². The summed E-state index contributed by atoms with van der Waals surface area (Å²) in [6.45, 7) is 0. The van der Waals surface area contributed by atoms with E-state index >= 15 is 0 Å². The predicted octanol–water partition coefficient (Wildman–Crippen LogP) is 0.256. The van der Waals surface area contributed by atoms with E-state index in [1.807, 2.05) is 30.3 Å². The van der Waals surface area contributed by atoms with E-state index in [0.29, 0.717) is 12.4 Å². The molecule has 0 amide bonds. The van der Waals surface area contributed by atoms with Gasteiger partial charge in [-0.3, -0.25) is 5.43 Å². The number of hydrogen-bond acceptors (Lipinski definition) is 4. The molecular formula is C12H18N4O2S. The van der Waals surface area contributed by atoms with Crippen LogP contribution in [0.2, 0.25) is 0 Å². The van der Waals surface area contributed by atoms with Crippen LogP contribution in [-0.2, 0) is 9.84 Å². The average molecular weight is 282 g/mol. The highest BCUT2D eigenvalue weighted by Crippen LogP contribution is 2.18. The third kappa shape index (κ3) is 3.45. The van der Waals surface area contributed by atoms with Gasteiger partial charge in [-0.15, -0.1) is 0 Å². The maximum absolute atomic E-state index is 11.5. The van der Waals surface area contributed by atoms with Gasteiger partial charge >= 0.3 is 0 Å². The molecule has 1 aliphatic rings. The molecule has 0 saturated carbocycles. The smallest absolute Gasteiger partial charge is 0.213 e. The van der Waals surface area contributed by atoms with Crippen molar-refractivity contribution in [2.45, 2.75) is 12.5 Å². The molecule has 0 spiro atoms. The lowest BCUT2D eigenvalue weighted by molar-refractivity contribution is 0.384. The van der Waals surface area contributed by atoms with Gasteiger partial charge in [0.1, 0.15) is 0 Å². The van der Waals surface area contributed by atoms with Crippen molar-refractivity contribution in [3.8, 4) is 0 Å². The molecule has 3 N–H and O–H groups in total. The summed E-state index contributed by atoms with van der Waals surface area (Å²) in [5, 5.41) is 0. The molecule has 7 heteroatoms. The Balaban J connectivity index is 2.16. The molecule has 2 rings (SSSR count). The van der Waals surface area contributed by atoms with Gasteiger partial charge in [-0.2, -0.15) is 0 Å². The van der Waals surface area contributed by atoms with Crippen LogP contribution in [0.4, 0.5) is 5.69 Å². The van der Waals surface area contributed by atoms with Crippen LogP contribution in [0.1, 0.15) is 6.42 Å². The zero-order valence-corrected chi connectivity index (χ0v) is 11.6. The number of para-hydroxylation sites is 1. The van der Waals surface area contributed by atoms with Crippen LogP contribution in [0.15, 0.2) is 35.3 Å². The van der Waals surface area contributed by atoms with E-state index in [2.05, 4.69) is 10.4 Å². The summed E-state index contributed by atoms with van der Waals surface area (Å²) in [5.41, 5.74) is 3.30. The van der Waals surface area contributed by atoms with Crippen LogP contribution < -0.4 is 11.3 Å². The molecule has 0 aromatic heterocycles. The Labute approximate surface area is 113 Å². The molecule has 6 nitrogen and oxygen atoms in total. The lowest BCUT2D eigenvalue weighted by atomic mass is 10.2. The maximum Gasteiger partial charge on any atom is 0.213 e. The first-order valence-electron chi connectivity index (χ1n) is 6.05. The number of nitrogens with one attached hydrogen (secondary N) is 1. The Kier molecular flexibility index (Phi) is 4.06. The van der Waals surface area contributed by atoms with E-state index in [0.717, 1.165) is 5.69 Å². The van der Waals surface area contributed by atoms with Gasteiger partial charge in [0.15, 0.2) is 9.84 Å². The molecule has 1 aliphatic heterocycles. The molecule has 1 atom stereocenters. The minimum absolute atomic E-state index is 0.0801. The van der Waals surface area contributed by atoms with Gasteiger partial charge in [-0.1, -0.05) is 18.2 Å². The minimum atomic E-state index is -2.92. The molecule has 1 unspecified atom stereocenters. The van der Waals surface area contributed by atoms with Gasteiger partial charge in [0, 0.05) is 13.1 Å². The molecule has 1 heterocycles. The van der Waals surface area contributed by atoms with Crippen molar-refractivity contribution in [1.82, 2.24) is 10.3 Å². The highest BCUT2D eigenvalue weighted by Gasteiger charge is 2.31. The normalized spacial score (nSPS) is 22.2. The van der Waals surface area contributed by atoms with Crippen LogP contribution >= 0.6 is 0 Å². The van der Waals surface area contributed by atoms with Gasteiger partial charge in [0.2, 0.25) is 5.96 Å². The maximum atomic E-state index is 11.5. The first-order valence-corrected chi connectivity index (χ1v) is 7.87. The molecule has 0 radical (unpaired) electrons. The number of nitrogens with zero attached hydrogens (tertiary/aromatic N) is 2. The number of guanidine groups is 1. The van der Waals surface area contributed by atoms with Crippen molar-refractivity contribution in [3.05, 3.63) is 30.3 Å². The SMILES string of the molecule is CN(C(=Nc1ccccc1)NN)C1CCS(=O)(=O)C1. The molecular weight excluding hydrogens is 264 g/mol. The summed E-state index contributed by atoms with van der Waals surface area (Å²) in [4.78, 5) is 6.17. The highest BCUT2D eigenvalue weighted by molar-refractivity contribution is 7.91. The molecule has 1 aromatic rings. The van der Waals surface area contributed by atoms with Gasteiger partial charge < -0.3 is 4.90 Å². The average Bonchev–Trinajstić information content (AvgIpc) is 2.77. The molecule has 1 aromatic carbocycles. The summed E-state index contributed by atoms with van der Waals surface area (Å²) in [6.07, 6.45) is 0.605. The molecule has 0 aliphatic carbocycles. The summed E-state index contributed by atoms with van der Waals surface area (Å²) in [7, 11) is -1.12. The molecule has 1 fully saturated rings. The van der Waals surface area contributed by atoms with Gasteiger partial charge in [0.05, 0.1) is 17.2 Å². The standard InChI is InChI=1S/C12H18N4O2S/c1-16(11-7-8-19(17,18)9-11)12(15-13)14-10-5-3-2-4-6-10/h2-6,11H,7-9,13H2,1H3,(H,14,15). The fourth-order valence-electron chi connectivity index (χ4n) is 2.09. The number of benzene rings is 1. The topological polar surface area (TPSA) is 87.8 Å². The second-order valence-corrected chi connectivity index (χ2v) is 6.81. The zero-order valence-electron chi connectivity index (χ0n) is 10.8. The minimum Gasteiger partial charge on any atom is -0.341 e. The van der Waals surface area contributed by atoms with Gasteiger partial charge in [-0.05, 0) is 18.6 Å². The van der Waals surface area contributed by atoms with Crippen LogP contribution in [0, 0.1) is 0 Å².